The maximum absolute atomic E-state index is 6.32. The van der Waals surface area contributed by atoms with Crippen molar-refractivity contribution in [1.29, 1.82) is 0 Å². The van der Waals surface area contributed by atoms with Crippen LogP contribution in [0.15, 0.2) is 12.2 Å². The molecule has 2 heteroatoms. The van der Waals surface area contributed by atoms with Crippen LogP contribution in [0, 0.1) is 34.5 Å². The topological polar surface area (TPSA) is 12.5 Å². The van der Waals surface area contributed by atoms with Crippen LogP contribution in [0.5, 0.6) is 0 Å². The summed E-state index contributed by atoms with van der Waals surface area (Å²) < 4.78 is 6.32. The second-order valence-corrected chi connectivity index (χ2v) is 11.2. The first-order chi connectivity index (χ1) is 12.8. The van der Waals surface area contributed by atoms with Crippen molar-refractivity contribution in [1.82, 2.24) is 4.90 Å². The molecule has 4 aliphatic carbocycles. The van der Waals surface area contributed by atoms with Crippen LogP contribution in [0.3, 0.4) is 0 Å². The minimum Gasteiger partial charge on any atom is -0.378 e. The minimum absolute atomic E-state index is 0.469. The Morgan fingerprint density at radius 2 is 1.85 bits per heavy atom. The monoisotopic (exact) mass is 373 g/mol. The Morgan fingerprint density at radius 3 is 2.63 bits per heavy atom. The third-order valence-electron chi connectivity index (χ3n) is 9.68. The van der Waals surface area contributed by atoms with Gasteiger partial charge in [0.05, 0.1) is 6.10 Å². The van der Waals surface area contributed by atoms with Crippen LogP contribution >= 0.6 is 0 Å². The fourth-order valence-corrected chi connectivity index (χ4v) is 7.91. The molecule has 0 N–H and O–H groups in total. The van der Waals surface area contributed by atoms with Crippen LogP contribution in [0.25, 0.3) is 0 Å². The predicted octanol–water partition coefficient (Wildman–Crippen LogP) is 5.92. The highest BCUT2D eigenvalue weighted by Crippen LogP contribution is 2.67. The molecule has 4 fully saturated rings. The van der Waals surface area contributed by atoms with E-state index in [1.807, 2.05) is 0 Å². The molecule has 0 saturated heterocycles. The third-order valence-corrected chi connectivity index (χ3v) is 9.68. The van der Waals surface area contributed by atoms with Crippen molar-refractivity contribution in [2.75, 3.05) is 27.2 Å². The van der Waals surface area contributed by atoms with E-state index in [4.69, 9.17) is 4.74 Å². The smallest absolute Gasteiger partial charge is 0.0578 e. The van der Waals surface area contributed by atoms with E-state index in [1.165, 1.54) is 64.2 Å². The molecular weight excluding hydrogens is 330 g/mol. The van der Waals surface area contributed by atoms with Crippen molar-refractivity contribution in [3.8, 4) is 0 Å². The summed E-state index contributed by atoms with van der Waals surface area (Å²) >= 11 is 0. The van der Waals surface area contributed by atoms with E-state index >= 15 is 0 Å². The first kappa shape index (κ1) is 20.0. The van der Waals surface area contributed by atoms with Gasteiger partial charge in [0.2, 0.25) is 0 Å². The van der Waals surface area contributed by atoms with Gasteiger partial charge in [-0.15, -0.1) is 0 Å². The summed E-state index contributed by atoms with van der Waals surface area (Å²) in [7, 11) is 4.30. The maximum Gasteiger partial charge on any atom is 0.0578 e. The van der Waals surface area contributed by atoms with Crippen LogP contribution in [0.2, 0.25) is 0 Å². The van der Waals surface area contributed by atoms with E-state index in [0.29, 0.717) is 16.9 Å². The first-order valence-electron chi connectivity index (χ1n) is 11.8. The predicted molar refractivity (Wildman–Crippen MR) is 114 cm³/mol. The Bertz CT molecular complexity index is 557. The van der Waals surface area contributed by atoms with Crippen LogP contribution < -0.4 is 0 Å². The Labute approximate surface area is 168 Å². The summed E-state index contributed by atoms with van der Waals surface area (Å²) in [5, 5.41) is 0. The number of hydrogen-bond donors (Lipinski definition) is 0. The zero-order valence-electron chi connectivity index (χ0n) is 18.4. The minimum atomic E-state index is 0.469. The molecule has 0 aromatic heterocycles. The molecule has 0 radical (unpaired) electrons. The summed E-state index contributed by atoms with van der Waals surface area (Å²) in [6.45, 7) is 11.8. The highest BCUT2D eigenvalue weighted by atomic mass is 16.5. The maximum atomic E-state index is 6.32. The van der Waals surface area contributed by atoms with E-state index in [1.54, 1.807) is 5.57 Å². The number of nitrogens with zero attached hydrogens (tertiary/aromatic N) is 1. The van der Waals surface area contributed by atoms with Crippen molar-refractivity contribution in [2.24, 2.45) is 34.5 Å². The van der Waals surface area contributed by atoms with Crippen molar-refractivity contribution in [3.63, 3.8) is 0 Å². The average molecular weight is 374 g/mol. The molecule has 0 amide bonds. The van der Waals surface area contributed by atoms with Crippen LogP contribution in [-0.4, -0.2) is 38.3 Å². The van der Waals surface area contributed by atoms with E-state index in [0.717, 1.165) is 36.8 Å². The largest absolute Gasteiger partial charge is 0.378 e. The number of hydrogen-bond acceptors (Lipinski definition) is 2. The van der Waals surface area contributed by atoms with E-state index < -0.39 is 0 Å². The van der Waals surface area contributed by atoms with Gasteiger partial charge in [0.15, 0.2) is 0 Å². The SMILES string of the molecule is C=C1CCC2C3CCC4C[C@H](OCCCN(C)C)CC[C@]4(C)C3CC[C@]12C. The zero-order chi connectivity index (χ0) is 19.2. The summed E-state index contributed by atoms with van der Waals surface area (Å²) in [4.78, 5) is 2.26. The second-order valence-electron chi connectivity index (χ2n) is 11.2. The van der Waals surface area contributed by atoms with Gasteiger partial charge in [0, 0.05) is 6.61 Å². The standard InChI is InChI=1S/C25H43NO/c1-18-7-10-22-21-9-8-19-17-20(27-16-6-15-26(4)5)11-13-25(19,3)23(21)12-14-24(18,22)2/h19-23H,1,6-17H2,2-5H3/t19?,20-,21?,22?,23?,24-,25+/m1/s1. The Hall–Kier alpha value is -0.340. The number of fused-ring (bicyclic) bond motifs is 5. The van der Waals surface area contributed by atoms with Gasteiger partial charge in [-0.3, -0.25) is 0 Å². The molecular formula is C25H43NO. The molecule has 4 unspecified atom stereocenters. The van der Waals surface area contributed by atoms with Gasteiger partial charge in [0.1, 0.15) is 0 Å². The van der Waals surface area contributed by atoms with Gasteiger partial charge in [-0.05, 0) is 119 Å². The van der Waals surface area contributed by atoms with Crippen molar-refractivity contribution in [3.05, 3.63) is 12.2 Å². The molecule has 2 nitrogen and oxygen atoms in total. The summed E-state index contributed by atoms with van der Waals surface area (Å²) in [6.07, 6.45) is 14.2. The molecule has 4 rings (SSSR count). The van der Waals surface area contributed by atoms with Gasteiger partial charge < -0.3 is 9.64 Å². The zero-order valence-corrected chi connectivity index (χ0v) is 18.4. The van der Waals surface area contributed by atoms with Crippen molar-refractivity contribution in [2.45, 2.75) is 84.2 Å². The average Bonchev–Trinajstić information content (AvgIpc) is 2.94. The van der Waals surface area contributed by atoms with Gasteiger partial charge in [-0.2, -0.15) is 0 Å². The summed E-state index contributed by atoms with van der Waals surface area (Å²) in [6, 6.07) is 0. The Balaban J connectivity index is 1.38. The molecule has 0 aliphatic heterocycles. The van der Waals surface area contributed by atoms with Crippen LogP contribution in [0.4, 0.5) is 0 Å². The number of ether oxygens (including phenoxy) is 1. The fourth-order valence-electron chi connectivity index (χ4n) is 7.91. The van der Waals surface area contributed by atoms with Gasteiger partial charge in [-0.1, -0.05) is 26.0 Å². The first-order valence-corrected chi connectivity index (χ1v) is 11.8. The van der Waals surface area contributed by atoms with Crippen LogP contribution in [-0.2, 0) is 4.74 Å². The molecule has 27 heavy (non-hydrogen) atoms. The van der Waals surface area contributed by atoms with E-state index in [-0.39, 0.29) is 0 Å². The summed E-state index contributed by atoms with van der Waals surface area (Å²) in [5.74, 6) is 3.78. The molecule has 0 aromatic rings. The summed E-state index contributed by atoms with van der Waals surface area (Å²) in [5.41, 5.74) is 2.63. The van der Waals surface area contributed by atoms with Gasteiger partial charge in [-0.25, -0.2) is 0 Å². The quantitative estimate of drug-likeness (QED) is 0.438. The lowest BCUT2D eigenvalue weighted by Crippen LogP contribution is -2.53. The van der Waals surface area contributed by atoms with Crippen molar-refractivity contribution < 1.29 is 4.74 Å². The number of rotatable bonds is 5. The molecule has 0 bridgehead atoms. The molecule has 4 saturated carbocycles. The highest BCUT2D eigenvalue weighted by molar-refractivity contribution is 5.21. The lowest BCUT2D eigenvalue weighted by Gasteiger charge is -2.60. The number of allylic oxidation sites excluding steroid dienone is 1. The van der Waals surface area contributed by atoms with Crippen LogP contribution in [0.1, 0.15) is 78.1 Å². The normalized spacial score (nSPS) is 46.9. The molecule has 0 aromatic carbocycles. The lowest BCUT2D eigenvalue weighted by atomic mass is 9.45. The Morgan fingerprint density at radius 1 is 1.04 bits per heavy atom. The van der Waals surface area contributed by atoms with Gasteiger partial charge >= 0.3 is 0 Å². The lowest BCUT2D eigenvalue weighted by molar-refractivity contribution is -0.126. The Kier molecular flexibility index (Phi) is 5.53. The molecule has 7 atom stereocenters. The van der Waals surface area contributed by atoms with E-state index in [9.17, 15) is 0 Å². The fraction of sp³-hybridized carbons (Fsp3) is 0.920. The van der Waals surface area contributed by atoms with Crippen molar-refractivity contribution >= 4 is 0 Å². The van der Waals surface area contributed by atoms with E-state index in [2.05, 4.69) is 39.4 Å². The molecule has 4 aliphatic rings. The molecule has 0 heterocycles. The highest BCUT2D eigenvalue weighted by Gasteiger charge is 2.58. The second kappa shape index (κ2) is 7.48. The molecule has 0 spiro atoms. The third kappa shape index (κ3) is 3.44. The van der Waals surface area contributed by atoms with Gasteiger partial charge in [0.25, 0.3) is 0 Å². The molecule has 154 valence electrons.